The normalized spacial score (nSPS) is 24.6. The molecule has 6 nitrogen and oxygen atoms in total. The molecule has 6 heteroatoms. The third-order valence-corrected chi connectivity index (χ3v) is 6.58. The summed E-state index contributed by atoms with van der Waals surface area (Å²) in [5, 5.41) is 4.63. The molecule has 0 unspecified atom stereocenters. The predicted octanol–water partition coefficient (Wildman–Crippen LogP) is 3.14. The molecule has 28 heavy (non-hydrogen) atoms. The minimum absolute atomic E-state index is 0.0733. The van der Waals surface area contributed by atoms with Gasteiger partial charge in [-0.05, 0) is 49.9 Å². The van der Waals surface area contributed by atoms with E-state index in [1.807, 2.05) is 24.9 Å². The Morgan fingerprint density at radius 3 is 2.82 bits per heavy atom. The number of nitrogens with zero attached hydrogens (tertiary/aromatic N) is 3. The monoisotopic (exact) mass is 381 g/mol. The van der Waals surface area contributed by atoms with E-state index in [9.17, 15) is 4.79 Å². The molecular weight excluding hydrogens is 354 g/mol. The maximum atomic E-state index is 13.6. The van der Waals surface area contributed by atoms with Crippen molar-refractivity contribution < 1.29 is 14.3 Å². The first-order chi connectivity index (χ1) is 13.4. The summed E-state index contributed by atoms with van der Waals surface area (Å²) in [4.78, 5) is 15.6. The van der Waals surface area contributed by atoms with E-state index in [1.165, 1.54) is 11.1 Å². The third-order valence-electron chi connectivity index (χ3n) is 6.58. The summed E-state index contributed by atoms with van der Waals surface area (Å²) in [6.45, 7) is 5.49. The number of carbonyl (C=O) groups is 1. The quantitative estimate of drug-likeness (QED) is 0.802. The molecule has 2 aromatic rings. The maximum absolute atomic E-state index is 13.6. The summed E-state index contributed by atoms with van der Waals surface area (Å²) in [5.74, 6) is 0.985. The largest absolute Gasteiger partial charge is 0.497 e. The van der Waals surface area contributed by atoms with Crippen LogP contribution in [0.3, 0.4) is 0 Å². The summed E-state index contributed by atoms with van der Waals surface area (Å²) < 4.78 is 13.1. The highest BCUT2D eigenvalue weighted by Gasteiger charge is 2.50. The molecule has 1 saturated carbocycles. The molecule has 1 spiro atoms. The van der Waals surface area contributed by atoms with Crippen LogP contribution in [0, 0.1) is 0 Å². The van der Waals surface area contributed by atoms with Gasteiger partial charge in [0, 0.05) is 37.5 Å². The highest BCUT2D eigenvalue weighted by Crippen LogP contribution is 2.53. The summed E-state index contributed by atoms with van der Waals surface area (Å²) >= 11 is 0. The topological polar surface area (TPSA) is 56.6 Å². The molecule has 1 fully saturated rings. The van der Waals surface area contributed by atoms with E-state index in [0.29, 0.717) is 6.54 Å². The molecule has 0 radical (unpaired) electrons. The molecule has 0 N–H and O–H groups in total. The Kier molecular flexibility index (Phi) is 3.85. The Morgan fingerprint density at radius 2 is 2.11 bits per heavy atom. The van der Waals surface area contributed by atoms with Crippen molar-refractivity contribution >= 4 is 5.91 Å². The second-order valence-corrected chi connectivity index (χ2v) is 8.59. The lowest BCUT2D eigenvalue weighted by atomic mass is 9.86. The second-order valence-electron chi connectivity index (χ2n) is 8.59. The van der Waals surface area contributed by atoms with Crippen LogP contribution in [0.25, 0.3) is 0 Å². The lowest BCUT2D eigenvalue weighted by molar-refractivity contribution is -0.00715. The fourth-order valence-corrected chi connectivity index (χ4v) is 5.03. The maximum Gasteiger partial charge on any atom is 0.272 e. The Balaban J connectivity index is 1.51. The second kappa shape index (κ2) is 6.08. The molecule has 2 aliphatic heterocycles. The molecule has 0 saturated heterocycles. The van der Waals surface area contributed by atoms with Gasteiger partial charge in [0.1, 0.15) is 11.4 Å². The van der Waals surface area contributed by atoms with Crippen molar-refractivity contribution in [2.24, 2.45) is 7.05 Å². The molecule has 3 aliphatic rings. The number of hydrogen-bond acceptors (Lipinski definition) is 4. The van der Waals surface area contributed by atoms with E-state index in [1.54, 1.807) is 11.8 Å². The van der Waals surface area contributed by atoms with Gasteiger partial charge in [-0.1, -0.05) is 6.07 Å². The SMILES string of the molecule is COc1ccc2c(c1)C1(CC1)CN(C(=O)c1c3c(nn1C)[C@H](C)O[C@H](C)C3)C2. The van der Waals surface area contributed by atoms with Crippen LogP contribution < -0.4 is 4.74 Å². The van der Waals surface area contributed by atoms with Crippen LogP contribution >= 0.6 is 0 Å². The molecule has 3 heterocycles. The van der Waals surface area contributed by atoms with Gasteiger partial charge in [-0.3, -0.25) is 9.48 Å². The van der Waals surface area contributed by atoms with Crippen LogP contribution in [0.2, 0.25) is 0 Å². The van der Waals surface area contributed by atoms with Crippen molar-refractivity contribution in [2.75, 3.05) is 13.7 Å². The van der Waals surface area contributed by atoms with E-state index in [4.69, 9.17) is 9.47 Å². The molecule has 148 valence electrons. The average Bonchev–Trinajstić information content (AvgIpc) is 3.35. The number of rotatable bonds is 2. The zero-order valence-electron chi connectivity index (χ0n) is 17.0. The minimum atomic E-state index is -0.0733. The van der Waals surface area contributed by atoms with Crippen LogP contribution in [0.15, 0.2) is 18.2 Å². The number of carbonyl (C=O) groups excluding carboxylic acids is 1. The first-order valence-electron chi connectivity index (χ1n) is 10.1. The van der Waals surface area contributed by atoms with Crippen molar-refractivity contribution in [1.29, 1.82) is 0 Å². The zero-order valence-corrected chi connectivity index (χ0v) is 17.0. The number of aryl methyl sites for hydroxylation is 1. The minimum Gasteiger partial charge on any atom is -0.497 e. The van der Waals surface area contributed by atoms with E-state index < -0.39 is 0 Å². The number of ether oxygens (including phenoxy) is 2. The fourth-order valence-electron chi connectivity index (χ4n) is 5.03. The van der Waals surface area contributed by atoms with Crippen molar-refractivity contribution in [3.05, 3.63) is 46.3 Å². The molecule has 1 aliphatic carbocycles. The molecule has 1 aromatic carbocycles. The van der Waals surface area contributed by atoms with Gasteiger partial charge in [0.15, 0.2) is 0 Å². The Hall–Kier alpha value is -2.34. The predicted molar refractivity (Wildman–Crippen MR) is 105 cm³/mol. The van der Waals surface area contributed by atoms with E-state index in [-0.39, 0.29) is 23.5 Å². The van der Waals surface area contributed by atoms with Crippen molar-refractivity contribution in [1.82, 2.24) is 14.7 Å². The number of amides is 1. The lowest BCUT2D eigenvalue weighted by Gasteiger charge is -2.35. The number of methoxy groups -OCH3 is 1. The zero-order chi connectivity index (χ0) is 19.6. The summed E-state index contributed by atoms with van der Waals surface area (Å²) in [6, 6.07) is 6.27. The standard InChI is InChI=1S/C22H27N3O3/c1-13-9-17-19(14(2)28-13)23-24(3)20(17)21(26)25-11-15-5-6-16(27-4)10-18(15)22(12-25)7-8-22/h5-6,10,13-14H,7-9,11-12H2,1-4H3/t13-,14+/m1/s1. The first kappa shape index (κ1) is 17.7. The first-order valence-corrected chi connectivity index (χ1v) is 10.1. The van der Waals surface area contributed by atoms with Gasteiger partial charge in [-0.2, -0.15) is 5.10 Å². The van der Waals surface area contributed by atoms with Crippen LogP contribution in [-0.2, 0) is 30.2 Å². The van der Waals surface area contributed by atoms with Crippen molar-refractivity contribution in [2.45, 2.75) is 57.3 Å². The fraction of sp³-hybridized carbons (Fsp3) is 0.545. The smallest absolute Gasteiger partial charge is 0.272 e. The number of aromatic nitrogens is 2. The molecule has 2 atom stereocenters. The Morgan fingerprint density at radius 1 is 1.32 bits per heavy atom. The third kappa shape index (κ3) is 2.58. The van der Waals surface area contributed by atoms with Crippen LogP contribution in [0.1, 0.15) is 65.7 Å². The molecular formula is C22H27N3O3. The molecule has 1 amide bonds. The Bertz CT molecular complexity index is 960. The Labute approximate surface area is 165 Å². The number of benzene rings is 1. The van der Waals surface area contributed by atoms with Gasteiger partial charge < -0.3 is 14.4 Å². The van der Waals surface area contributed by atoms with E-state index in [2.05, 4.69) is 24.2 Å². The average molecular weight is 381 g/mol. The van der Waals surface area contributed by atoms with Crippen molar-refractivity contribution in [3.63, 3.8) is 0 Å². The molecule has 5 rings (SSSR count). The van der Waals surface area contributed by atoms with Gasteiger partial charge in [-0.15, -0.1) is 0 Å². The van der Waals surface area contributed by atoms with Gasteiger partial charge in [0.2, 0.25) is 0 Å². The van der Waals surface area contributed by atoms with Gasteiger partial charge in [-0.25, -0.2) is 0 Å². The summed E-state index contributed by atoms with van der Waals surface area (Å²) in [6.07, 6.45) is 3.02. The van der Waals surface area contributed by atoms with Gasteiger partial charge in [0.25, 0.3) is 5.91 Å². The van der Waals surface area contributed by atoms with Gasteiger partial charge in [0.05, 0.1) is 25.0 Å². The lowest BCUT2D eigenvalue weighted by Crippen LogP contribution is -2.42. The number of fused-ring (bicyclic) bond motifs is 3. The molecule has 0 bridgehead atoms. The van der Waals surface area contributed by atoms with Crippen LogP contribution in [0.4, 0.5) is 0 Å². The van der Waals surface area contributed by atoms with Gasteiger partial charge >= 0.3 is 0 Å². The molecule has 1 aromatic heterocycles. The highest BCUT2D eigenvalue weighted by atomic mass is 16.5. The summed E-state index contributed by atoms with van der Waals surface area (Å²) in [5.41, 5.74) is 5.39. The van der Waals surface area contributed by atoms with Crippen molar-refractivity contribution in [3.8, 4) is 5.75 Å². The van der Waals surface area contributed by atoms with E-state index >= 15 is 0 Å². The van der Waals surface area contributed by atoms with Crippen LogP contribution in [0.5, 0.6) is 5.75 Å². The summed E-state index contributed by atoms with van der Waals surface area (Å²) in [7, 11) is 3.58. The highest BCUT2D eigenvalue weighted by molar-refractivity contribution is 5.94. The number of hydrogen-bond donors (Lipinski definition) is 0. The van der Waals surface area contributed by atoms with Crippen LogP contribution in [-0.4, -0.2) is 40.3 Å². The van der Waals surface area contributed by atoms with E-state index in [0.717, 1.165) is 48.5 Å².